The van der Waals surface area contributed by atoms with Crippen LogP contribution in [0.5, 0.6) is 0 Å². The van der Waals surface area contributed by atoms with Crippen LogP contribution in [0.3, 0.4) is 0 Å². The van der Waals surface area contributed by atoms with Gasteiger partial charge < -0.3 is 66.3 Å². The second-order valence-electron chi connectivity index (χ2n) is 26.9. The van der Waals surface area contributed by atoms with Crippen molar-refractivity contribution in [2.75, 3.05) is 72.0 Å². The molecule has 4 aliphatic rings. The summed E-state index contributed by atoms with van der Waals surface area (Å²) in [6.07, 6.45) is 0.166. The number of nitrogens with zero attached hydrogens (tertiary/aromatic N) is 13. The quantitative estimate of drug-likeness (QED) is 0.00733. The van der Waals surface area contributed by atoms with Crippen LogP contribution in [0.4, 0.5) is 41.1 Å². The van der Waals surface area contributed by atoms with Crippen molar-refractivity contribution in [2.45, 2.75) is 101 Å². The van der Waals surface area contributed by atoms with E-state index in [0.717, 1.165) is 46.1 Å². The summed E-state index contributed by atoms with van der Waals surface area (Å²) in [6, 6.07) is 74.1. The van der Waals surface area contributed by atoms with Gasteiger partial charge in [0.25, 0.3) is 10.1 Å². The van der Waals surface area contributed by atoms with Gasteiger partial charge in [0.2, 0.25) is 9.05 Å². The van der Waals surface area contributed by atoms with E-state index < -0.39 is 108 Å². The Hall–Kier alpha value is -10.5. The Labute approximate surface area is 751 Å². The Morgan fingerprint density at radius 1 is 0.548 bits per heavy atom. The van der Waals surface area contributed by atoms with Gasteiger partial charge >= 0.3 is 53.9 Å². The Bertz CT molecular complexity index is 4930. The minimum atomic E-state index is -3.78. The van der Waals surface area contributed by atoms with Crippen LogP contribution in [-0.4, -0.2) is 206 Å². The van der Waals surface area contributed by atoms with Crippen LogP contribution < -0.4 is 57.0 Å². The number of halogens is 7. The minimum absolute atomic E-state index is 0. The number of β-amino-alcohol motifs (C(OH)–C–C–N with tert-alkyl or cyclic N) is 1. The maximum Gasteiger partial charge on any atom is 1.00 e. The second kappa shape index (κ2) is 56.4. The number of hydrogen-bond donors (Lipinski definition) is 3. The molecular formula is C84H96Cl2F5N15NaO14PS2. The summed E-state index contributed by atoms with van der Waals surface area (Å²) in [6.45, 7) is 2.03. The van der Waals surface area contributed by atoms with Crippen LogP contribution in [-0.2, 0) is 68.7 Å². The zero-order valence-electron chi connectivity index (χ0n) is 69.0. The minimum Gasteiger partial charge on any atom is -0.445 e. The normalized spacial score (nSPS) is 18.3. The van der Waals surface area contributed by atoms with E-state index in [1.807, 2.05) is 150 Å². The fourth-order valence-corrected chi connectivity index (χ4v) is 14.9. The number of amides is 4. The molecule has 4 amide bonds. The number of carbonyl (C=O) groups is 4. The zero-order valence-corrected chi connectivity index (χ0v) is 74.1. The Morgan fingerprint density at radius 2 is 0.895 bits per heavy atom. The summed E-state index contributed by atoms with van der Waals surface area (Å²) in [4.78, 5) is 66.8. The molecule has 4 aliphatic heterocycles. The van der Waals surface area contributed by atoms with Crippen LogP contribution in [0.2, 0.25) is 5.15 Å². The van der Waals surface area contributed by atoms with E-state index in [2.05, 4.69) is 131 Å². The molecule has 0 bridgehead atoms. The van der Waals surface area contributed by atoms with E-state index in [-0.39, 0.29) is 121 Å². The van der Waals surface area contributed by atoms with Gasteiger partial charge in [0, 0.05) is 49.6 Å². The number of nitrogens with two attached hydrogens (primary N) is 2. The molecule has 0 aliphatic carbocycles. The summed E-state index contributed by atoms with van der Waals surface area (Å²) in [5.74, 6) is 4.93. The van der Waals surface area contributed by atoms with Gasteiger partial charge in [-0.25, -0.2) is 55.1 Å². The molecule has 40 heteroatoms. The first-order chi connectivity index (χ1) is 59.5. The first kappa shape index (κ1) is 102. The van der Waals surface area contributed by atoms with Gasteiger partial charge in [-0.1, -0.05) is 235 Å². The number of piperidine rings is 4. The van der Waals surface area contributed by atoms with E-state index in [9.17, 15) is 63.1 Å². The number of aliphatic hydroxyl groups is 1. The number of alkyl halides is 5. The smallest absolute Gasteiger partial charge is 0.445 e. The predicted octanol–water partition coefficient (Wildman–Crippen LogP) is 11.7. The number of pyridine rings is 1. The molecule has 4 saturated heterocycles. The van der Waals surface area contributed by atoms with Crippen LogP contribution in [0, 0.1) is 0 Å². The first-order valence-corrected chi connectivity index (χ1v) is 44.2. The van der Waals surface area contributed by atoms with Gasteiger partial charge in [0.15, 0.2) is 0 Å². The van der Waals surface area contributed by atoms with Gasteiger partial charge in [0.1, 0.15) is 85.9 Å². The van der Waals surface area contributed by atoms with E-state index in [1.54, 1.807) is 12.4 Å². The van der Waals surface area contributed by atoms with E-state index in [0.29, 0.717) is 23.9 Å². The molecular weight excluding hydrogens is 1730 g/mol. The number of likely N-dealkylation sites (tertiary alicyclic amines) is 4. The summed E-state index contributed by atoms with van der Waals surface area (Å²) < 4.78 is 137. The van der Waals surface area contributed by atoms with E-state index in [4.69, 9.17) is 54.6 Å². The number of aromatic nitrogens is 4. The fourth-order valence-electron chi connectivity index (χ4n) is 11.8. The SMILES string of the molecule is CS(=O)(=O)Cl.CS(=O)(=O)O[C@H]1CN(C(=O)OCc2ccccc2)CC[C@@H]1F.Clc1cncc(-c2cnc3ccccn23)n1.NN=N[C@H]1CN(C(=O)OCc2ccccc2)CC[C@H]1F.N[C@H]1CN(C(=O)OCc2ccccc2)CC[C@H]1F.O=C(OCc1ccccc1)N1CC[C@H](F)[C@@H](O)C1.[2H]CF.[N-]=[N+]=[N-].[Na+].c1ccc(P(c2ccccc2)c2ccccc2)cc1. The molecule has 0 unspecified atom stereocenters. The van der Waals surface area contributed by atoms with Gasteiger partial charge in [-0.3, -0.25) is 22.9 Å². The predicted molar refractivity (Wildman–Crippen MR) is 462 cm³/mol. The molecule has 4 fully saturated rings. The average Bonchev–Trinajstić information content (AvgIpc) is 1.67. The fraction of sp³-hybridized carbons (Fsp3) is 0.321. The number of benzene rings is 7. The van der Waals surface area contributed by atoms with Gasteiger partial charge in [-0.15, -0.1) is 0 Å². The molecule has 658 valence electrons. The van der Waals surface area contributed by atoms with Gasteiger partial charge in [0.05, 0.1) is 71.0 Å². The molecule has 7 aromatic carbocycles. The maximum absolute atomic E-state index is 13.7. The van der Waals surface area contributed by atoms with Crippen molar-refractivity contribution in [1.82, 2.24) is 39.0 Å². The molecule has 124 heavy (non-hydrogen) atoms. The molecule has 8 atom stereocenters. The number of imidazole rings is 1. The van der Waals surface area contributed by atoms with E-state index >= 15 is 0 Å². The Balaban J connectivity index is 0.000000260. The van der Waals surface area contributed by atoms with Crippen molar-refractivity contribution < 1.29 is 117 Å². The monoisotopic (exact) mass is 1820 g/mol. The summed E-state index contributed by atoms with van der Waals surface area (Å²) in [7, 11) is -3.92. The van der Waals surface area contributed by atoms with Crippen LogP contribution in [0.25, 0.3) is 33.0 Å². The molecule has 5 N–H and O–H groups in total. The van der Waals surface area contributed by atoms with Crippen molar-refractivity contribution in [3.63, 3.8) is 0 Å². The van der Waals surface area contributed by atoms with Gasteiger partial charge in [-0.2, -0.15) is 13.5 Å². The topological polar surface area (TPSA) is 394 Å². The molecule has 10 aromatic rings. The molecule has 0 spiro atoms. The molecule has 7 heterocycles. The summed E-state index contributed by atoms with van der Waals surface area (Å²) in [5.41, 5.74) is 25.1. The average molecular weight is 1820 g/mol. The third-order valence-electron chi connectivity index (χ3n) is 17.7. The van der Waals surface area contributed by atoms with Crippen LogP contribution in [0.1, 0.15) is 49.3 Å². The van der Waals surface area contributed by atoms with Crippen molar-refractivity contribution in [1.29, 1.82) is 0 Å². The van der Waals surface area contributed by atoms with Crippen molar-refractivity contribution in [2.24, 2.45) is 21.9 Å². The number of fused-ring (bicyclic) bond motifs is 1. The number of hydrogen-bond acceptors (Lipinski definition) is 20. The zero-order chi connectivity index (χ0) is 90.2. The molecule has 3 aromatic heterocycles. The van der Waals surface area contributed by atoms with Crippen molar-refractivity contribution >= 4 is 95.3 Å². The Kier molecular flexibility index (Phi) is 46.6. The Morgan fingerprint density at radius 3 is 1.27 bits per heavy atom. The first-order valence-electron chi connectivity index (χ1n) is 38.6. The standard InChI is InChI=1S/C18H15P.C14H18FNO5S.C13H17FN4O2.C13H17FN2O2.C13H16FNO3.C11H7ClN4.CH3ClO2S.CH3F.N3.Na/c1-4-10-16(11-5-1)19(17-12-6-2-7-13-17)18-14-8-3-9-15-18;1-22(18,19)21-13-9-16(8-7-12(13)15)14(17)20-10-11-5-3-2-4-6-11;14-11-6-7-18(8-12(11)16-17-15)13(19)20-9-10-4-2-1-3-5-10;14-11-6-7-16(8-12(11)15)13(17)18-9-10-4-2-1-3-5-10;14-11-6-7-15(8-12(11)16)13(17)18-9-10-4-2-1-3-5-10;12-10-7-13-5-8(15-10)9-6-14-11-3-1-2-4-16(9)11;1-5(2,3)4;1-2;1-3-2;/h1-15H;2-6,12-13H,7-10H2,1H3;1-5,11-12H,6-9H2,(H2,15,16);1-5,11-12H,6-9,15H2;1-5,11-12,16H,6-9H2;1-7H;1H3;1H3;;/q;;;;;;;;-1;+1/t;12-,13-;2*11-,12+;11-,12-;;;;;/m.0110...../s1/i;;;;;;;1D;;. The molecule has 14 rings (SSSR count). The molecule has 0 radical (unpaired) electrons. The van der Waals surface area contributed by atoms with Crippen molar-refractivity contribution in [3.8, 4) is 11.4 Å². The molecule has 0 saturated carbocycles. The number of ether oxygens (including phenoxy) is 4. The maximum atomic E-state index is 13.7. The molecule has 29 nitrogen and oxygen atoms in total. The summed E-state index contributed by atoms with van der Waals surface area (Å²) >= 11 is 5.81. The largest absolute Gasteiger partial charge is 1.00 e. The van der Waals surface area contributed by atoms with Crippen molar-refractivity contribution in [3.05, 3.63) is 299 Å². The summed E-state index contributed by atoms with van der Waals surface area (Å²) in [5, 5.41) is 20.6. The van der Waals surface area contributed by atoms with E-state index in [1.165, 1.54) is 46.6 Å². The number of rotatable bonds is 15. The number of aliphatic hydroxyl groups excluding tert-OH is 1. The third-order valence-corrected chi connectivity index (χ3v) is 21.0. The third kappa shape index (κ3) is 38.8. The van der Waals surface area contributed by atoms with Crippen LogP contribution in [0.15, 0.2) is 266 Å². The second-order valence-corrected chi connectivity index (χ2v) is 34.2. The number of carbonyl (C=O) groups excluding carboxylic acids is 4. The van der Waals surface area contributed by atoms with Crippen LogP contribution >= 0.6 is 30.2 Å². The van der Waals surface area contributed by atoms with Gasteiger partial charge in [-0.05, 0) is 83.9 Å².